The van der Waals surface area contributed by atoms with E-state index >= 15 is 0 Å². The molecule has 3 nitrogen and oxygen atoms in total. The minimum absolute atomic E-state index is 0.00981. The first-order chi connectivity index (χ1) is 6.83. The molecule has 0 unspecified atom stereocenters. The Balaban J connectivity index is 3.11. The predicted molar refractivity (Wildman–Crippen MR) is 52.9 cm³/mol. The summed E-state index contributed by atoms with van der Waals surface area (Å²) in [5.74, 6) is 0. The van der Waals surface area contributed by atoms with E-state index in [1.807, 2.05) is 0 Å². The van der Waals surface area contributed by atoms with E-state index < -0.39 is 12.6 Å². The van der Waals surface area contributed by atoms with E-state index in [2.05, 4.69) is 0 Å². The predicted octanol–water partition coefficient (Wildman–Crippen LogP) is 1.41. The largest absolute Gasteiger partial charge is 0.397 e. The lowest BCUT2D eigenvalue weighted by Crippen LogP contribution is -2.15. The molecule has 1 aromatic rings. The Morgan fingerprint density at radius 2 is 1.47 bits per heavy atom. The molecule has 1 rings (SSSR count). The number of hydrogen-bond donors (Lipinski definition) is 3. The van der Waals surface area contributed by atoms with E-state index in [9.17, 15) is 13.2 Å². The average Bonchev–Trinajstić information content (AvgIpc) is 2.08. The lowest BCUT2D eigenvalue weighted by atomic mass is 10.0. The van der Waals surface area contributed by atoms with Crippen molar-refractivity contribution < 1.29 is 13.2 Å². The van der Waals surface area contributed by atoms with E-state index in [1.54, 1.807) is 0 Å². The minimum Gasteiger partial charge on any atom is -0.397 e. The summed E-state index contributed by atoms with van der Waals surface area (Å²) in [5.41, 5.74) is 17.1. The molecule has 15 heavy (non-hydrogen) atoms. The van der Waals surface area contributed by atoms with Crippen LogP contribution < -0.4 is 17.2 Å². The van der Waals surface area contributed by atoms with Crippen molar-refractivity contribution in [2.75, 3.05) is 11.5 Å². The van der Waals surface area contributed by atoms with Crippen LogP contribution in [0.1, 0.15) is 11.1 Å². The third-order valence-electron chi connectivity index (χ3n) is 2.02. The zero-order chi connectivity index (χ0) is 11.6. The molecule has 0 bridgehead atoms. The number of anilines is 2. The van der Waals surface area contributed by atoms with Gasteiger partial charge in [0.2, 0.25) is 0 Å². The molecule has 0 radical (unpaired) electrons. The molecule has 84 valence electrons. The van der Waals surface area contributed by atoms with Crippen LogP contribution in [0.25, 0.3) is 0 Å². The van der Waals surface area contributed by atoms with Crippen LogP contribution in [0.2, 0.25) is 0 Å². The van der Waals surface area contributed by atoms with Crippen LogP contribution in [-0.4, -0.2) is 6.18 Å². The van der Waals surface area contributed by atoms with Crippen molar-refractivity contribution in [2.45, 2.75) is 19.1 Å². The van der Waals surface area contributed by atoms with E-state index in [4.69, 9.17) is 17.2 Å². The highest BCUT2D eigenvalue weighted by Gasteiger charge is 2.28. The van der Waals surface area contributed by atoms with Gasteiger partial charge in [0.05, 0.1) is 17.8 Å². The maximum atomic E-state index is 12.2. The van der Waals surface area contributed by atoms with Gasteiger partial charge in [0.25, 0.3) is 0 Å². The highest BCUT2D eigenvalue weighted by Crippen LogP contribution is 2.27. The number of halogens is 3. The third kappa shape index (κ3) is 3.02. The molecule has 0 atom stereocenters. The average molecular weight is 219 g/mol. The number of nitrogens with two attached hydrogens (primary N) is 3. The van der Waals surface area contributed by atoms with Crippen LogP contribution in [0.15, 0.2) is 12.1 Å². The molecule has 0 aromatic heterocycles. The van der Waals surface area contributed by atoms with Gasteiger partial charge >= 0.3 is 6.18 Å². The van der Waals surface area contributed by atoms with E-state index in [0.717, 1.165) is 0 Å². The van der Waals surface area contributed by atoms with E-state index in [-0.39, 0.29) is 23.5 Å². The Morgan fingerprint density at radius 1 is 1.00 bits per heavy atom. The number of hydrogen-bond acceptors (Lipinski definition) is 3. The van der Waals surface area contributed by atoms with Gasteiger partial charge in [-0.3, -0.25) is 0 Å². The molecule has 1 aromatic carbocycles. The normalized spacial score (nSPS) is 11.7. The standard InChI is InChI=1S/C9H12F3N3/c10-9(11,12)3-5-1-7(14)8(15)2-6(5)4-13/h1-2H,3-4,13-15H2. The third-order valence-corrected chi connectivity index (χ3v) is 2.02. The van der Waals surface area contributed by atoms with E-state index in [1.165, 1.54) is 12.1 Å². The van der Waals surface area contributed by atoms with Crippen molar-refractivity contribution in [2.24, 2.45) is 5.73 Å². The highest BCUT2D eigenvalue weighted by atomic mass is 19.4. The highest BCUT2D eigenvalue weighted by molar-refractivity contribution is 5.66. The molecule has 0 saturated carbocycles. The summed E-state index contributed by atoms with van der Waals surface area (Å²) >= 11 is 0. The van der Waals surface area contributed by atoms with Crippen molar-refractivity contribution >= 4 is 11.4 Å². The van der Waals surface area contributed by atoms with Gasteiger partial charge in [-0.2, -0.15) is 13.2 Å². The van der Waals surface area contributed by atoms with Crippen molar-refractivity contribution in [3.63, 3.8) is 0 Å². The first-order valence-corrected chi connectivity index (χ1v) is 4.27. The maximum absolute atomic E-state index is 12.2. The Kier molecular flexibility index (Phi) is 3.09. The fraction of sp³-hybridized carbons (Fsp3) is 0.333. The van der Waals surface area contributed by atoms with Crippen LogP contribution >= 0.6 is 0 Å². The second-order valence-electron chi connectivity index (χ2n) is 3.25. The fourth-order valence-electron chi connectivity index (χ4n) is 1.30. The van der Waals surface area contributed by atoms with Gasteiger partial charge in [-0.1, -0.05) is 0 Å². The van der Waals surface area contributed by atoms with Crippen molar-refractivity contribution in [1.82, 2.24) is 0 Å². The number of alkyl halides is 3. The molecule has 0 heterocycles. The van der Waals surface area contributed by atoms with Gasteiger partial charge in [0.1, 0.15) is 0 Å². The van der Waals surface area contributed by atoms with Gasteiger partial charge in [0, 0.05) is 6.54 Å². The lowest BCUT2D eigenvalue weighted by Gasteiger charge is -2.13. The smallest absolute Gasteiger partial charge is 0.393 e. The van der Waals surface area contributed by atoms with Crippen LogP contribution in [0.3, 0.4) is 0 Å². The van der Waals surface area contributed by atoms with Crippen molar-refractivity contribution in [3.05, 3.63) is 23.3 Å². The second kappa shape index (κ2) is 3.98. The zero-order valence-corrected chi connectivity index (χ0v) is 7.93. The van der Waals surface area contributed by atoms with Crippen molar-refractivity contribution in [3.8, 4) is 0 Å². The quantitative estimate of drug-likeness (QED) is 0.658. The molecular weight excluding hydrogens is 207 g/mol. The Morgan fingerprint density at radius 3 is 1.87 bits per heavy atom. The fourth-order valence-corrected chi connectivity index (χ4v) is 1.30. The molecule has 0 amide bonds. The molecule has 0 aliphatic heterocycles. The summed E-state index contributed by atoms with van der Waals surface area (Å²) < 4.78 is 36.5. The first-order valence-electron chi connectivity index (χ1n) is 4.27. The topological polar surface area (TPSA) is 78.1 Å². The van der Waals surface area contributed by atoms with Gasteiger partial charge in [-0.05, 0) is 23.3 Å². The molecule has 6 heteroatoms. The van der Waals surface area contributed by atoms with Gasteiger partial charge in [0.15, 0.2) is 0 Å². The maximum Gasteiger partial charge on any atom is 0.393 e. The Hall–Kier alpha value is -1.43. The van der Waals surface area contributed by atoms with Crippen LogP contribution in [-0.2, 0) is 13.0 Å². The summed E-state index contributed by atoms with van der Waals surface area (Å²) in [7, 11) is 0. The summed E-state index contributed by atoms with van der Waals surface area (Å²) in [5, 5.41) is 0. The van der Waals surface area contributed by atoms with Crippen molar-refractivity contribution in [1.29, 1.82) is 0 Å². The Labute approximate surface area is 85.0 Å². The van der Waals surface area contributed by atoms with Crippen LogP contribution in [0, 0.1) is 0 Å². The van der Waals surface area contributed by atoms with Crippen LogP contribution in [0.4, 0.5) is 24.5 Å². The summed E-state index contributed by atoms with van der Waals surface area (Å²) in [4.78, 5) is 0. The molecule has 6 N–H and O–H groups in total. The summed E-state index contributed by atoms with van der Waals surface area (Å²) in [6.07, 6.45) is -5.31. The molecule has 0 fully saturated rings. The van der Waals surface area contributed by atoms with E-state index in [0.29, 0.717) is 5.56 Å². The second-order valence-corrected chi connectivity index (χ2v) is 3.25. The molecular formula is C9H12F3N3. The Bertz CT molecular complexity index is 360. The molecule has 0 saturated heterocycles. The van der Waals surface area contributed by atoms with Gasteiger partial charge in [-0.25, -0.2) is 0 Å². The summed E-state index contributed by atoms with van der Waals surface area (Å²) in [6, 6.07) is 2.61. The first kappa shape index (κ1) is 11.6. The molecule has 0 aliphatic carbocycles. The lowest BCUT2D eigenvalue weighted by molar-refractivity contribution is -0.127. The SMILES string of the molecule is NCc1cc(N)c(N)cc1CC(F)(F)F. The number of benzene rings is 1. The minimum atomic E-state index is -4.27. The number of rotatable bonds is 2. The zero-order valence-electron chi connectivity index (χ0n) is 7.93. The summed E-state index contributed by atoms with van der Waals surface area (Å²) in [6.45, 7) is 0.00981. The van der Waals surface area contributed by atoms with Gasteiger partial charge < -0.3 is 17.2 Å². The van der Waals surface area contributed by atoms with Crippen LogP contribution in [0.5, 0.6) is 0 Å². The van der Waals surface area contributed by atoms with Gasteiger partial charge in [-0.15, -0.1) is 0 Å². The number of nitrogen functional groups attached to an aromatic ring is 2. The monoisotopic (exact) mass is 219 g/mol. The molecule has 0 spiro atoms. The molecule has 0 aliphatic rings.